The van der Waals surface area contributed by atoms with Crippen LogP contribution in [0.2, 0.25) is 0 Å². The van der Waals surface area contributed by atoms with Gasteiger partial charge in [0.05, 0.1) is 5.41 Å². The Balaban J connectivity index is 2.32. The van der Waals surface area contributed by atoms with Crippen molar-refractivity contribution >= 4 is 17.9 Å². The van der Waals surface area contributed by atoms with Crippen LogP contribution < -0.4 is 16.4 Å². The molecule has 5 N–H and O–H groups in total. The van der Waals surface area contributed by atoms with Crippen molar-refractivity contribution in [2.75, 3.05) is 13.1 Å². The van der Waals surface area contributed by atoms with E-state index in [1.807, 2.05) is 0 Å². The molecule has 0 bridgehead atoms. The van der Waals surface area contributed by atoms with E-state index in [2.05, 4.69) is 10.6 Å². The summed E-state index contributed by atoms with van der Waals surface area (Å²) in [6, 6.07) is -0.469. The molecule has 18 heavy (non-hydrogen) atoms. The van der Waals surface area contributed by atoms with Gasteiger partial charge in [-0.3, -0.25) is 9.59 Å². The number of urea groups is 1. The molecule has 0 aromatic rings. The normalized spacial score (nSPS) is 17.1. The monoisotopic (exact) mass is 257 g/mol. The summed E-state index contributed by atoms with van der Waals surface area (Å²) >= 11 is 0. The first-order chi connectivity index (χ1) is 8.46. The second kappa shape index (κ2) is 6.23. The van der Waals surface area contributed by atoms with Gasteiger partial charge in [0.15, 0.2) is 0 Å². The number of primary amides is 1. The van der Waals surface area contributed by atoms with Gasteiger partial charge in [0.2, 0.25) is 5.91 Å². The fraction of sp³-hybridized carbons (Fsp3) is 0.727. The van der Waals surface area contributed by atoms with Gasteiger partial charge in [0.25, 0.3) is 0 Å². The largest absolute Gasteiger partial charge is 0.481 e. The Hall–Kier alpha value is -1.79. The minimum absolute atomic E-state index is 0.0670. The highest BCUT2D eigenvalue weighted by Crippen LogP contribution is 2.37. The topological polar surface area (TPSA) is 122 Å². The molecule has 0 heterocycles. The third-order valence-electron chi connectivity index (χ3n) is 3.26. The number of hydrogen-bond acceptors (Lipinski definition) is 3. The van der Waals surface area contributed by atoms with Crippen LogP contribution in [0.3, 0.4) is 0 Å². The van der Waals surface area contributed by atoms with Crippen molar-refractivity contribution in [3.05, 3.63) is 0 Å². The standard InChI is InChI=1S/C11H19N3O4/c12-8(15)3-6-13-10(18)14-7-11(9(16)17)4-1-2-5-11/h1-7H2,(H2,12,15)(H,16,17)(H2,13,14,18). The SMILES string of the molecule is NC(=O)CCNC(=O)NCC1(C(=O)O)CCCC1. The number of rotatable bonds is 6. The number of hydrogen-bond donors (Lipinski definition) is 4. The van der Waals surface area contributed by atoms with Crippen LogP contribution in [-0.2, 0) is 9.59 Å². The second-order valence-electron chi connectivity index (χ2n) is 4.62. The van der Waals surface area contributed by atoms with Crippen LogP contribution in [0.5, 0.6) is 0 Å². The fourth-order valence-corrected chi connectivity index (χ4v) is 2.13. The minimum Gasteiger partial charge on any atom is -0.481 e. The van der Waals surface area contributed by atoms with Gasteiger partial charge in [0.1, 0.15) is 0 Å². The lowest BCUT2D eigenvalue weighted by atomic mass is 9.86. The van der Waals surface area contributed by atoms with E-state index in [-0.39, 0.29) is 19.5 Å². The molecule has 0 atom stereocenters. The van der Waals surface area contributed by atoms with Crippen LogP contribution in [0.4, 0.5) is 4.79 Å². The highest BCUT2D eigenvalue weighted by Gasteiger charge is 2.41. The molecule has 1 aliphatic rings. The third-order valence-corrected chi connectivity index (χ3v) is 3.26. The maximum absolute atomic E-state index is 11.4. The van der Waals surface area contributed by atoms with E-state index >= 15 is 0 Å². The Kier molecular flexibility index (Phi) is 4.94. The highest BCUT2D eigenvalue weighted by molar-refractivity contribution is 5.79. The first-order valence-corrected chi connectivity index (χ1v) is 6.00. The number of amides is 3. The quantitative estimate of drug-likeness (QED) is 0.526. The van der Waals surface area contributed by atoms with E-state index in [0.717, 1.165) is 12.8 Å². The number of carboxylic acids is 1. The lowest BCUT2D eigenvalue weighted by Crippen LogP contribution is -2.45. The van der Waals surface area contributed by atoms with Gasteiger partial charge in [-0.25, -0.2) is 4.79 Å². The molecule has 102 valence electrons. The summed E-state index contributed by atoms with van der Waals surface area (Å²) in [4.78, 5) is 33.0. The zero-order valence-corrected chi connectivity index (χ0v) is 10.2. The molecule has 1 aliphatic carbocycles. The second-order valence-corrected chi connectivity index (χ2v) is 4.62. The molecule has 0 unspecified atom stereocenters. The smallest absolute Gasteiger partial charge is 0.314 e. The summed E-state index contributed by atoms with van der Waals surface area (Å²) in [5.41, 5.74) is 4.09. The number of carboxylic acid groups (broad SMARTS) is 1. The van der Waals surface area contributed by atoms with Crippen molar-refractivity contribution in [3.63, 3.8) is 0 Å². The molecule has 1 fully saturated rings. The average molecular weight is 257 g/mol. The Morgan fingerprint density at radius 2 is 1.78 bits per heavy atom. The van der Waals surface area contributed by atoms with Crippen molar-refractivity contribution in [2.45, 2.75) is 32.1 Å². The average Bonchev–Trinajstić information content (AvgIpc) is 2.75. The molecule has 0 spiro atoms. The number of carbonyl (C=O) groups excluding carboxylic acids is 2. The predicted molar refractivity (Wildman–Crippen MR) is 63.7 cm³/mol. The summed E-state index contributed by atoms with van der Waals surface area (Å²) in [6.07, 6.45) is 2.99. The molecule has 1 saturated carbocycles. The number of carbonyl (C=O) groups is 3. The van der Waals surface area contributed by atoms with Crippen molar-refractivity contribution in [2.24, 2.45) is 11.1 Å². The van der Waals surface area contributed by atoms with Crippen molar-refractivity contribution in [1.29, 1.82) is 0 Å². The van der Waals surface area contributed by atoms with Crippen LogP contribution in [0.25, 0.3) is 0 Å². The maximum Gasteiger partial charge on any atom is 0.314 e. The lowest BCUT2D eigenvalue weighted by molar-refractivity contribution is -0.148. The van der Waals surface area contributed by atoms with Crippen molar-refractivity contribution < 1.29 is 19.5 Å². The molecule has 0 radical (unpaired) electrons. The van der Waals surface area contributed by atoms with Crippen molar-refractivity contribution in [1.82, 2.24) is 10.6 Å². The van der Waals surface area contributed by atoms with Crippen LogP contribution in [0.15, 0.2) is 0 Å². The molecule has 0 saturated heterocycles. The van der Waals surface area contributed by atoms with E-state index in [1.165, 1.54) is 0 Å². The van der Waals surface area contributed by atoms with Crippen molar-refractivity contribution in [3.8, 4) is 0 Å². The van der Waals surface area contributed by atoms with Gasteiger partial charge in [0, 0.05) is 19.5 Å². The zero-order chi connectivity index (χ0) is 13.6. The number of nitrogens with one attached hydrogen (secondary N) is 2. The minimum atomic E-state index is -0.863. The summed E-state index contributed by atoms with van der Waals surface area (Å²) < 4.78 is 0. The highest BCUT2D eigenvalue weighted by atomic mass is 16.4. The maximum atomic E-state index is 11.4. The number of aliphatic carboxylic acids is 1. The molecular weight excluding hydrogens is 238 g/mol. The molecule has 0 aromatic heterocycles. The van der Waals surface area contributed by atoms with Gasteiger partial charge >= 0.3 is 12.0 Å². The summed E-state index contributed by atoms with van der Waals surface area (Å²) in [5, 5.41) is 14.2. The Morgan fingerprint density at radius 3 is 2.28 bits per heavy atom. The summed E-state index contributed by atoms with van der Waals surface area (Å²) in [7, 11) is 0. The fourth-order valence-electron chi connectivity index (χ4n) is 2.13. The Bertz CT molecular complexity index is 337. The van der Waals surface area contributed by atoms with Gasteiger partial charge in [-0.1, -0.05) is 12.8 Å². The van der Waals surface area contributed by atoms with Crippen LogP contribution in [0, 0.1) is 5.41 Å². The van der Waals surface area contributed by atoms with Gasteiger partial charge in [-0.15, -0.1) is 0 Å². The lowest BCUT2D eigenvalue weighted by Gasteiger charge is -2.23. The van der Waals surface area contributed by atoms with Gasteiger partial charge < -0.3 is 21.5 Å². The van der Waals surface area contributed by atoms with Gasteiger partial charge in [-0.05, 0) is 12.8 Å². The predicted octanol–water partition coefficient (Wildman–Crippen LogP) is -0.194. The molecule has 0 aliphatic heterocycles. The van der Waals surface area contributed by atoms with Crippen LogP contribution >= 0.6 is 0 Å². The molecule has 7 nitrogen and oxygen atoms in total. The van der Waals surface area contributed by atoms with E-state index < -0.39 is 23.3 Å². The number of nitrogens with two attached hydrogens (primary N) is 1. The van der Waals surface area contributed by atoms with Crippen LogP contribution in [-0.4, -0.2) is 36.1 Å². The van der Waals surface area contributed by atoms with E-state index in [0.29, 0.717) is 12.8 Å². The first-order valence-electron chi connectivity index (χ1n) is 6.00. The molecule has 3 amide bonds. The van der Waals surface area contributed by atoms with Gasteiger partial charge in [-0.2, -0.15) is 0 Å². The van der Waals surface area contributed by atoms with E-state index in [1.54, 1.807) is 0 Å². The molecular formula is C11H19N3O4. The molecule has 1 rings (SSSR count). The molecule has 0 aromatic carbocycles. The summed E-state index contributed by atoms with van der Waals surface area (Å²) in [5.74, 6) is -1.36. The third kappa shape index (κ3) is 3.90. The van der Waals surface area contributed by atoms with E-state index in [4.69, 9.17) is 5.73 Å². The Labute approximate surface area is 105 Å². The van der Waals surface area contributed by atoms with E-state index in [9.17, 15) is 19.5 Å². The first kappa shape index (κ1) is 14.3. The van der Waals surface area contributed by atoms with Crippen LogP contribution in [0.1, 0.15) is 32.1 Å². The summed E-state index contributed by atoms with van der Waals surface area (Å²) in [6.45, 7) is 0.270. The molecule has 7 heteroatoms. The zero-order valence-electron chi connectivity index (χ0n) is 10.2. The Morgan fingerprint density at radius 1 is 1.17 bits per heavy atom.